The van der Waals surface area contributed by atoms with Crippen molar-refractivity contribution in [2.45, 2.75) is 13.8 Å². The number of carbonyl (C=O) groups is 1. The van der Waals surface area contributed by atoms with Gasteiger partial charge in [0.25, 0.3) is 0 Å². The van der Waals surface area contributed by atoms with Gasteiger partial charge in [0.2, 0.25) is 0 Å². The average Bonchev–Trinajstić information content (AvgIpc) is 3.09. The number of aromatic amines is 1. The number of fused-ring (bicyclic) bond motifs is 1. The number of aromatic nitrogens is 1. The lowest BCUT2D eigenvalue weighted by Gasteiger charge is -2.13. The van der Waals surface area contributed by atoms with E-state index >= 15 is 0 Å². The molecule has 0 radical (unpaired) electrons. The summed E-state index contributed by atoms with van der Waals surface area (Å²) in [5.41, 5.74) is 5.41. The van der Waals surface area contributed by atoms with E-state index < -0.39 is 0 Å². The van der Waals surface area contributed by atoms with Crippen LogP contribution in [0.4, 0.5) is 16.2 Å². The van der Waals surface area contributed by atoms with E-state index in [0.717, 1.165) is 27.8 Å². The van der Waals surface area contributed by atoms with E-state index in [1.165, 1.54) is 5.56 Å². The number of aryl methyl sites for hydroxylation is 1. The molecule has 4 aromatic rings. The second kappa shape index (κ2) is 8.10. The van der Waals surface area contributed by atoms with E-state index in [-0.39, 0.29) is 6.03 Å². The molecule has 0 aliphatic carbocycles. The molecule has 3 N–H and O–H groups in total. The van der Waals surface area contributed by atoms with Crippen molar-refractivity contribution in [1.82, 2.24) is 4.98 Å². The third-order valence-corrected chi connectivity index (χ3v) is 4.72. The maximum Gasteiger partial charge on any atom is 0.323 e. The minimum Gasteiger partial charge on any atom is -0.492 e. The van der Waals surface area contributed by atoms with Gasteiger partial charge < -0.3 is 20.4 Å². The quantitative estimate of drug-likeness (QED) is 0.384. The van der Waals surface area contributed by atoms with E-state index in [1.54, 1.807) is 0 Å². The van der Waals surface area contributed by atoms with Gasteiger partial charge in [-0.25, -0.2) is 4.79 Å². The number of anilines is 2. The van der Waals surface area contributed by atoms with Crippen LogP contribution in [0.15, 0.2) is 72.8 Å². The number of para-hydroxylation sites is 3. The Morgan fingerprint density at radius 3 is 2.45 bits per heavy atom. The molecule has 0 atom stereocenters. The van der Waals surface area contributed by atoms with Crippen LogP contribution in [0, 0.1) is 6.92 Å². The summed E-state index contributed by atoms with van der Waals surface area (Å²) in [5, 5.41) is 6.88. The molecule has 3 aromatic carbocycles. The van der Waals surface area contributed by atoms with Crippen LogP contribution in [0.5, 0.6) is 5.75 Å². The van der Waals surface area contributed by atoms with Crippen molar-refractivity contribution >= 4 is 28.3 Å². The third-order valence-electron chi connectivity index (χ3n) is 4.72. The predicted octanol–water partition coefficient (Wildman–Crippen LogP) is 6.19. The van der Waals surface area contributed by atoms with Crippen LogP contribution in [0.3, 0.4) is 0 Å². The Morgan fingerprint density at radius 2 is 1.66 bits per heavy atom. The number of rotatable bonds is 5. The smallest absolute Gasteiger partial charge is 0.323 e. The van der Waals surface area contributed by atoms with Crippen LogP contribution < -0.4 is 15.4 Å². The summed E-state index contributed by atoms with van der Waals surface area (Å²) in [7, 11) is 0. The molecular weight excluding hydrogens is 362 g/mol. The zero-order valence-electron chi connectivity index (χ0n) is 16.5. The number of urea groups is 1. The van der Waals surface area contributed by atoms with Crippen LogP contribution in [0.1, 0.15) is 12.5 Å². The molecule has 4 rings (SSSR count). The fourth-order valence-electron chi connectivity index (χ4n) is 3.33. The highest BCUT2D eigenvalue weighted by atomic mass is 16.5. The van der Waals surface area contributed by atoms with Crippen molar-refractivity contribution in [2.75, 3.05) is 17.2 Å². The molecule has 29 heavy (non-hydrogen) atoms. The van der Waals surface area contributed by atoms with Gasteiger partial charge in [-0.1, -0.05) is 60.2 Å². The molecule has 0 unspecified atom stereocenters. The molecule has 0 saturated carbocycles. The zero-order chi connectivity index (χ0) is 20.2. The van der Waals surface area contributed by atoms with Gasteiger partial charge in [0.15, 0.2) is 0 Å². The average molecular weight is 385 g/mol. The highest BCUT2D eigenvalue weighted by Gasteiger charge is 2.16. The lowest BCUT2D eigenvalue weighted by Crippen LogP contribution is -2.20. The lowest BCUT2D eigenvalue weighted by molar-refractivity contribution is 0.262. The van der Waals surface area contributed by atoms with Gasteiger partial charge in [-0.2, -0.15) is 0 Å². The minimum atomic E-state index is -0.324. The topological polar surface area (TPSA) is 66.2 Å². The summed E-state index contributed by atoms with van der Waals surface area (Å²) in [6.07, 6.45) is 0. The van der Waals surface area contributed by atoms with Gasteiger partial charge in [0.05, 0.1) is 23.7 Å². The number of H-pyrrole nitrogens is 1. The number of hydrogen-bond acceptors (Lipinski definition) is 2. The maximum atomic E-state index is 12.8. The first-order valence-corrected chi connectivity index (χ1v) is 9.63. The van der Waals surface area contributed by atoms with E-state index in [9.17, 15) is 4.79 Å². The SMILES string of the molecule is CCOc1ccccc1NC(=O)Nc1c(-c2ccc(C)cc2)[nH]c2ccccc12. The fraction of sp³-hybridized carbons (Fsp3) is 0.125. The predicted molar refractivity (Wildman–Crippen MR) is 119 cm³/mol. The van der Waals surface area contributed by atoms with Crippen molar-refractivity contribution < 1.29 is 9.53 Å². The van der Waals surface area contributed by atoms with Crippen molar-refractivity contribution in [2.24, 2.45) is 0 Å². The van der Waals surface area contributed by atoms with Crippen molar-refractivity contribution in [3.63, 3.8) is 0 Å². The molecule has 1 aromatic heterocycles. The van der Waals surface area contributed by atoms with E-state index in [2.05, 4.69) is 34.7 Å². The first kappa shape index (κ1) is 18.6. The summed E-state index contributed by atoms with van der Waals surface area (Å²) in [6, 6.07) is 23.2. The van der Waals surface area contributed by atoms with Crippen molar-refractivity contribution in [3.05, 3.63) is 78.4 Å². The van der Waals surface area contributed by atoms with Gasteiger partial charge in [0.1, 0.15) is 5.75 Å². The molecular formula is C24H23N3O2. The third kappa shape index (κ3) is 3.94. The van der Waals surface area contributed by atoms with Crippen LogP contribution in [-0.4, -0.2) is 17.6 Å². The van der Waals surface area contributed by atoms with Crippen LogP contribution in [0.2, 0.25) is 0 Å². The Bertz CT molecular complexity index is 1150. The fourth-order valence-corrected chi connectivity index (χ4v) is 3.33. The highest BCUT2D eigenvalue weighted by molar-refractivity contribution is 6.10. The molecule has 1 heterocycles. The van der Waals surface area contributed by atoms with Gasteiger partial charge >= 0.3 is 6.03 Å². The maximum absolute atomic E-state index is 12.8. The van der Waals surface area contributed by atoms with Gasteiger partial charge in [0, 0.05) is 16.5 Å². The summed E-state index contributed by atoms with van der Waals surface area (Å²) in [6.45, 7) is 4.49. The Morgan fingerprint density at radius 1 is 0.931 bits per heavy atom. The number of hydrogen-bond donors (Lipinski definition) is 3. The van der Waals surface area contributed by atoms with E-state index in [4.69, 9.17) is 4.74 Å². The Hall–Kier alpha value is -3.73. The first-order valence-electron chi connectivity index (χ1n) is 9.63. The van der Waals surface area contributed by atoms with E-state index in [1.807, 2.05) is 67.6 Å². The highest BCUT2D eigenvalue weighted by Crippen LogP contribution is 2.35. The number of nitrogens with one attached hydrogen (secondary N) is 3. The molecule has 0 aliphatic heterocycles. The molecule has 0 aliphatic rings. The van der Waals surface area contributed by atoms with Crippen LogP contribution in [0.25, 0.3) is 22.2 Å². The Kier molecular flexibility index (Phi) is 5.20. The van der Waals surface area contributed by atoms with Crippen LogP contribution in [-0.2, 0) is 0 Å². The number of carbonyl (C=O) groups excluding carboxylic acids is 1. The number of ether oxygens (including phenoxy) is 1. The second-order valence-corrected chi connectivity index (χ2v) is 6.79. The summed E-state index contributed by atoms with van der Waals surface area (Å²) >= 11 is 0. The minimum absolute atomic E-state index is 0.324. The Labute approximate surface area is 169 Å². The largest absolute Gasteiger partial charge is 0.492 e. The standard InChI is InChI=1S/C24H23N3O2/c1-3-29-21-11-7-6-10-20(21)26-24(28)27-23-18-8-4-5-9-19(18)25-22(23)17-14-12-16(2)13-15-17/h4-15,25H,3H2,1-2H3,(H2,26,27,28). The molecule has 0 spiro atoms. The summed E-state index contributed by atoms with van der Waals surface area (Å²) in [5.74, 6) is 0.642. The van der Waals surface area contributed by atoms with Crippen molar-refractivity contribution in [1.29, 1.82) is 0 Å². The summed E-state index contributed by atoms with van der Waals surface area (Å²) in [4.78, 5) is 16.3. The normalized spacial score (nSPS) is 10.7. The molecule has 0 saturated heterocycles. The van der Waals surface area contributed by atoms with Crippen molar-refractivity contribution in [3.8, 4) is 17.0 Å². The van der Waals surface area contributed by atoms with Gasteiger partial charge in [-0.3, -0.25) is 0 Å². The molecule has 5 nitrogen and oxygen atoms in total. The second-order valence-electron chi connectivity index (χ2n) is 6.79. The van der Waals surface area contributed by atoms with Gasteiger partial charge in [-0.05, 0) is 32.0 Å². The number of amides is 2. The summed E-state index contributed by atoms with van der Waals surface area (Å²) < 4.78 is 5.60. The van der Waals surface area contributed by atoms with E-state index in [0.29, 0.717) is 18.0 Å². The molecule has 0 bridgehead atoms. The molecule has 0 fully saturated rings. The zero-order valence-corrected chi connectivity index (χ0v) is 16.5. The monoisotopic (exact) mass is 385 g/mol. The molecule has 146 valence electrons. The number of benzene rings is 3. The first-order chi connectivity index (χ1) is 14.2. The lowest BCUT2D eigenvalue weighted by atomic mass is 10.1. The van der Waals surface area contributed by atoms with Gasteiger partial charge in [-0.15, -0.1) is 0 Å². The molecule has 2 amide bonds. The van der Waals surface area contributed by atoms with Crippen LogP contribution >= 0.6 is 0 Å². The Balaban J connectivity index is 1.68. The molecule has 5 heteroatoms.